The van der Waals surface area contributed by atoms with Crippen molar-refractivity contribution in [1.82, 2.24) is 5.32 Å². The lowest BCUT2D eigenvalue weighted by Crippen LogP contribution is -2.52. The van der Waals surface area contributed by atoms with Crippen LogP contribution in [0.1, 0.15) is 19.8 Å². The highest BCUT2D eigenvalue weighted by Gasteiger charge is 2.80. The van der Waals surface area contributed by atoms with E-state index in [2.05, 4.69) is 5.32 Å². The first kappa shape index (κ1) is 7.70. The van der Waals surface area contributed by atoms with E-state index in [1.807, 2.05) is 0 Å². The zero-order chi connectivity index (χ0) is 9.89. The summed E-state index contributed by atoms with van der Waals surface area (Å²) < 4.78 is 0. The van der Waals surface area contributed by atoms with Crippen LogP contribution >= 0.6 is 0 Å². The summed E-state index contributed by atoms with van der Waals surface area (Å²) in [5, 5.41) is 3.28. The third-order valence-corrected chi connectivity index (χ3v) is 6.69. The Labute approximate surface area is 89.8 Å². The predicted octanol–water partition coefficient (Wildman–Crippen LogP) is 1.27. The molecule has 1 N–H and O–H groups in total. The van der Waals surface area contributed by atoms with Gasteiger partial charge in [0.1, 0.15) is 0 Å². The number of fused-ring (bicyclic) bond motifs is 2. The van der Waals surface area contributed by atoms with Gasteiger partial charge in [-0.25, -0.2) is 0 Å². The molecule has 0 heterocycles. The lowest BCUT2D eigenvalue weighted by atomic mass is 9.59. The number of amides is 1. The van der Waals surface area contributed by atoms with Gasteiger partial charge in [-0.3, -0.25) is 4.79 Å². The highest BCUT2D eigenvalue weighted by Crippen LogP contribution is 2.82. The molecule has 5 rings (SSSR count). The summed E-state index contributed by atoms with van der Waals surface area (Å²) in [6.45, 7) is 1.69. The first-order valence-electron chi connectivity index (χ1n) is 6.54. The third kappa shape index (κ3) is 0.576. The molecular formula is C13H17NO. The fourth-order valence-electron chi connectivity index (χ4n) is 6.90. The van der Waals surface area contributed by atoms with Crippen molar-refractivity contribution in [1.29, 1.82) is 0 Å². The standard InChI is InChI=1S/C13H17NO/c1-4(15)14-13-10-6-3-7-9-5(6)2-8(10)11(9)12(7)13/h5-13H,2-3H2,1H3,(H,14,15). The van der Waals surface area contributed by atoms with Crippen molar-refractivity contribution in [2.45, 2.75) is 25.8 Å². The zero-order valence-corrected chi connectivity index (χ0v) is 9.02. The number of carbonyl (C=O) groups is 1. The van der Waals surface area contributed by atoms with E-state index >= 15 is 0 Å². The van der Waals surface area contributed by atoms with Crippen molar-refractivity contribution in [3.63, 3.8) is 0 Å². The van der Waals surface area contributed by atoms with Crippen molar-refractivity contribution in [2.75, 3.05) is 0 Å². The maximum Gasteiger partial charge on any atom is 0.217 e. The molecule has 9 unspecified atom stereocenters. The SMILES string of the molecule is CC(=O)NC1C2C3CC4C5C3CC2C5C41. The summed E-state index contributed by atoms with van der Waals surface area (Å²) in [7, 11) is 0. The molecule has 9 atom stereocenters. The van der Waals surface area contributed by atoms with Crippen LogP contribution in [-0.4, -0.2) is 11.9 Å². The Kier molecular flexibility index (Phi) is 1.02. The molecule has 2 bridgehead atoms. The van der Waals surface area contributed by atoms with Gasteiger partial charge in [-0.1, -0.05) is 0 Å². The van der Waals surface area contributed by atoms with Gasteiger partial charge in [0.25, 0.3) is 0 Å². The monoisotopic (exact) mass is 203 g/mol. The number of rotatable bonds is 1. The summed E-state index contributed by atoms with van der Waals surface area (Å²) in [6, 6.07) is 0.588. The van der Waals surface area contributed by atoms with E-state index in [1.54, 1.807) is 6.92 Å². The fourth-order valence-corrected chi connectivity index (χ4v) is 6.90. The van der Waals surface area contributed by atoms with E-state index in [-0.39, 0.29) is 5.91 Å². The van der Waals surface area contributed by atoms with Crippen molar-refractivity contribution >= 4 is 5.91 Å². The highest BCUT2D eigenvalue weighted by atomic mass is 16.1. The molecule has 0 aromatic carbocycles. The van der Waals surface area contributed by atoms with Crippen LogP contribution in [0.2, 0.25) is 0 Å². The summed E-state index contributed by atoms with van der Waals surface area (Å²) in [5.41, 5.74) is 0. The minimum atomic E-state index is 0.201. The lowest BCUT2D eigenvalue weighted by Gasteiger charge is -2.47. The molecule has 15 heavy (non-hydrogen) atoms. The normalized spacial score (nSPS) is 70.1. The molecule has 5 fully saturated rings. The number of carbonyl (C=O) groups excluding carboxylic acids is 1. The van der Waals surface area contributed by atoms with Gasteiger partial charge in [0.05, 0.1) is 0 Å². The van der Waals surface area contributed by atoms with Gasteiger partial charge in [-0.05, 0) is 60.2 Å². The Bertz CT molecular complexity index is 373. The quantitative estimate of drug-likeness (QED) is 0.683. The van der Waals surface area contributed by atoms with Crippen molar-refractivity contribution in [3.8, 4) is 0 Å². The van der Waals surface area contributed by atoms with Crippen LogP contribution in [0, 0.1) is 47.3 Å². The second-order valence-electron chi connectivity index (χ2n) is 6.66. The summed E-state index contributed by atoms with van der Waals surface area (Å²) in [6.07, 6.45) is 3.04. The van der Waals surface area contributed by atoms with Crippen molar-refractivity contribution < 1.29 is 4.79 Å². The fraction of sp³-hybridized carbons (Fsp3) is 0.923. The minimum Gasteiger partial charge on any atom is -0.353 e. The van der Waals surface area contributed by atoms with Gasteiger partial charge < -0.3 is 5.32 Å². The maximum absolute atomic E-state index is 11.3. The molecule has 0 spiro atoms. The molecule has 0 aromatic rings. The van der Waals surface area contributed by atoms with E-state index < -0.39 is 0 Å². The molecule has 80 valence electrons. The van der Waals surface area contributed by atoms with Crippen LogP contribution in [0.5, 0.6) is 0 Å². The topological polar surface area (TPSA) is 29.1 Å². The minimum absolute atomic E-state index is 0.201. The van der Waals surface area contributed by atoms with Crippen LogP contribution in [0.3, 0.4) is 0 Å². The lowest BCUT2D eigenvalue weighted by molar-refractivity contribution is -0.121. The molecule has 2 heteroatoms. The predicted molar refractivity (Wildman–Crippen MR) is 54.8 cm³/mol. The molecule has 0 saturated heterocycles. The zero-order valence-electron chi connectivity index (χ0n) is 9.02. The second kappa shape index (κ2) is 1.99. The van der Waals surface area contributed by atoms with Crippen LogP contribution in [0.15, 0.2) is 0 Å². The Balaban J connectivity index is 1.61. The largest absolute Gasteiger partial charge is 0.353 e. The summed E-state index contributed by atoms with van der Waals surface area (Å²) in [4.78, 5) is 11.3. The van der Waals surface area contributed by atoms with Crippen molar-refractivity contribution in [2.24, 2.45) is 47.3 Å². The number of hydrogen-bond donors (Lipinski definition) is 1. The Morgan fingerprint density at radius 1 is 0.933 bits per heavy atom. The molecule has 0 aromatic heterocycles. The summed E-state index contributed by atoms with van der Waals surface area (Å²) in [5.74, 6) is 8.29. The Morgan fingerprint density at radius 2 is 1.60 bits per heavy atom. The van der Waals surface area contributed by atoms with Gasteiger partial charge in [0.15, 0.2) is 0 Å². The van der Waals surface area contributed by atoms with E-state index in [0.717, 1.165) is 47.3 Å². The average Bonchev–Trinajstić information content (AvgIpc) is 2.62. The molecule has 1 amide bonds. The van der Waals surface area contributed by atoms with Gasteiger partial charge in [0, 0.05) is 13.0 Å². The first-order valence-corrected chi connectivity index (χ1v) is 6.54. The van der Waals surface area contributed by atoms with Crippen LogP contribution in [0.4, 0.5) is 0 Å². The van der Waals surface area contributed by atoms with Gasteiger partial charge in [-0.2, -0.15) is 0 Å². The number of nitrogens with one attached hydrogen (secondary N) is 1. The molecule has 5 saturated carbocycles. The first-order chi connectivity index (χ1) is 7.27. The van der Waals surface area contributed by atoms with E-state index in [4.69, 9.17) is 0 Å². The average molecular weight is 203 g/mol. The summed E-state index contributed by atoms with van der Waals surface area (Å²) >= 11 is 0. The molecule has 5 aliphatic rings. The molecule has 5 aliphatic carbocycles. The van der Waals surface area contributed by atoms with Gasteiger partial charge >= 0.3 is 0 Å². The molecule has 0 radical (unpaired) electrons. The number of hydrogen-bond acceptors (Lipinski definition) is 1. The Hall–Kier alpha value is -0.530. The second-order valence-corrected chi connectivity index (χ2v) is 6.66. The smallest absolute Gasteiger partial charge is 0.217 e. The molecule has 2 nitrogen and oxygen atoms in total. The highest BCUT2D eigenvalue weighted by molar-refractivity contribution is 5.73. The van der Waals surface area contributed by atoms with Crippen LogP contribution < -0.4 is 5.32 Å². The van der Waals surface area contributed by atoms with E-state index in [9.17, 15) is 4.79 Å². The van der Waals surface area contributed by atoms with E-state index in [1.165, 1.54) is 12.8 Å². The van der Waals surface area contributed by atoms with Gasteiger partial charge in [0.2, 0.25) is 5.91 Å². The van der Waals surface area contributed by atoms with Crippen LogP contribution in [-0.2, 0) is 4.79 Å². The maximum atomic E-state index is 11.3. The Morgan fingerprint density at radius 3 is 2.33 bits per heavy atom. The molecular weight excluding hydrogens is 186 g/mol. The van der Waals surface area contributed by atoms with Gasteiger partial charge in [-0.15, -0.1) is 0 Å². The van der Waals surface area contributed by atoms with Crippen LogP contribution in [0.25, 0.3) is 0 Å². The molecule has 0 aliphatic heterocycles. The third-order valence-electron chi connectivity index (χ3n) is 6.69. The van der Waals surface area contributed by atoms with E-state index in [0.29, 0.717) is 6.04 Å². The van der Waals surface area contributed by atoms with Crippen molar-refractivity contribution in [3.05, 3.63) is 0 Å².